The molecule has 0 radical (unpaired) electrons. The van der Waals surface area contributed by atoms with Crippen LogP contribution in [-0.4, -0.2) is 43.5 Å². The third-order valence-electron chi connectivity index (χ3n) is 3.68. The minimum absolute atomic E-state index is 0.0628. The maximum absolute atomic E-state index is 11.5. The summed E-state index contributed by atoms with van der Waals surface area (Å²) in [6.07, 6.45) is 3.60. The molecule has 3 atom stereocenters. The van der Waals surface area contributed by atoms with Crippen molar-refractivity contribution < 1.29 is 4.79 Å². The predicted molar refractivity (Wildman–Crippen MR) is 61.5 cm³/mol. The summed E-state index contributed by atoms with van der Waals surface area (Å²) >= 11 is 0. The van der Waals surface area contributed by atoms with Crippen LogP contribution in [0.15, 0.2) is 0 Å². The Morgan fingerprint density at radius 2 is 2.27 bits per heavy atom. The van der Waals surface area contributed by atoms with Gasteiger partial charge >= 0.3 is 0 Å². The SMILES string of the molecule is CNC(=O)C(C)N(C)C1CCCC1CN. The molecule has 88 valence electrons. The van der Waals surface area contributed by atoms with Gasteiger partial charge in [-0.1, -0.05) is 6.42 Å². The second kappa shape index (κ2) is 5.47. The molecule has 4 heteroatoms. The first kappa shape index (κ1) is 12.5. The van der Waals surface area contributed by atoms with Crippen molar-refractivity contribution in [2.24, 2.45) is 11.7 Å². The maximum Gasteiger partial charge on any atom is 0.236 e. The van der Waals surface area contributed by atoms with Crippen LogP contribution in [0.1, 0.15) is 26.2 Å². The molecule has 0 aromatic carbocycles. The van der Waals surface area contributed by atoms with Crippen molar-refractivity contribution in [1.82, 2.24) is 10.2 Å². The number of nitrogens with two attached hydrogens (primary N) is 1. The van der Waals surface area contributed by atoms with Gasteiger partial charge in [-0.2, -0.15) is 0 Å². The number of amides is 1. The van der Waals surface area contributed by atoms with Crippen LogP contribution < -0.4 is 11.1 Å². The Kier molecular flexibility index (Phi) is 4.54. The van der Waals surface area contributed by atoms with Gasteiger partial charge in [0.2, 0.25) is 5.91 Å². The van der Waals surface area contributed by atoms with Gasteiger partial charge in [0.25, 0.3) is 0 Å². The van der Waals surface area contributed by atoms with E-state index in [1.54, 1.807) is 7.05 Å². The van der Waals surface area contributed by atoms with Gasteiger partial charge < -0.3 is 11.1 Å². The first-order valence-electron chi connectivity index (χ1n) is 5.75. The van der Waals surface area contributed by atoms with Crippen LogP contribution in [0, 0.1) is 5.92 Å². The molecule has 0 spiro atoms. The second-order valence-electron chi connectivity index (χ2n) is 4.45. The van der Waals surface area contributed by atoms with Crippen molar-refractivity contribution in [3.05, 3.63) is 0 Å². The van der Waals surface area contributed by atoms with Crippen molar-refractivity contribution in [3.63, 3.8) is 0 Å². The maximum atomic E-state index is 11.5. The van der Waals surface area contributed by atoms with Crippen molar-refractivity contribution in [3.8, 4) is 0 Å². The Morgan fingerprint density at radius 3 is 2.80 bits per heavy atom. The van der Waals surface area contributed by atoms with E-state index in [4.69, 9.17) is 5.73 Å². The lowest BCUT2D eigenvalue weighted by molar-refractivity contribution is -0.125. The van der Waals surface area contributed by atoms with Gasteiger partial charge in [-0.25, -0.2) is 0 Å². The standard InChI is InChI=1S/C11H23N3O/c1-8(11(15)13-2)14(3)10-6-4-5-9(10)7-12/h8-10H,4-7,12H2,1-3H3,(H,13,15). The molecule has 0 saturated heterocycles. The number of rotatable bonds is 4. The van der Waals surface area contributed by atoms with Crippen LogP contribution >= 0.6 is 0 Å². The van der Waals surface area contributed by atoms with E-state index in [9.17, 15) is 4.79 Å². The Morgan fingerprint density at radius 1 is 1.60 bits per heavy atom. The molecule has 0 heterocycles. The van der Waals surface area contributed by atoms with E-state index in [1.807, 2.05) is 14.0 Å². The molecule has 0 aliphatic heterocycles. The average molecular weight is 213 g/mol. The lowest BCUT2D eigenvalue weighted by atomic mass is 10.0. The van der Waals surface area contributed by atoms with E-state index >= 15 is 0 Å². The Bertz CT molecular complexity index is 220. The molecule has 1 aliphatic rings. The summed E-state index contributed by atoms with van der Waals surface area (Å²) < 4.78 is 0. The quantitative estimate of drug-likeness (QED) is 0.700. The highest BCUT2D eigenvalue weighted by molar-refractivity contribution is 5.80. The van der Waals surface area contributed by atoms with E-state index in [-0.39, 0.29) is 11.9 Å². The van der Waals surface area contributed by atoms with Crippen molar-refractivity contribution in [2.75, 3.05) is 20.6 Å². The van der Waals surface area contributed by atoms with E-state index in [0.29, 0.717) is 12.0 Å². The van der Waals surface area contributed by atoms with Gasteiger partial charge in [0.15, 0.2) is 0 Å². The summed E-state index contributed by atoms with van der Waals surface area (Å²) in [6, 6.07) is 0.412. The number of carbonyl (C=O) groups excluding carboxylic acids is 1. The fourth-order valence-corrected chi connectivity index (χ4v) is 2.51. The molecule has 0 bridgehead atoms. The Hall–Kier alpha value is -0.610. The molecule has 4 nitrogen and oxygen atoms in total. The second-order valence-corrected chi connectivity index (χ2v) is 4.45. The Labute approximate surface area is 92.2 Å². The number of hydrogen-bond donors (Lipinski definition) is 2. The molecule has 3 N–H and O–H groups in total. The van der Waals surface area contributed by atoms with Gasteiger partial charge in [0, 0.05) is 13.1 Å². The lowest BCUT2D eigenvalue weighted by Gasteiger charge is -2.33. The molecular formula is C11H23N3O. The van der Waals surface area contributed by atoms with Crippen LogP contribution in [0.4, 0.5) is 0 Å². The number of likely N-dealkylation sites (N-methyl/N-ethyl adjacent to an activating group) is 2. The first-order chi connectivity index (χ1) is 7.11. The van der Waals surface area contributed by atoms with Gasteiger partial charge in [-0.3, -0.25) is 9.69 Å². The highest BCUT2D eigenvalue weighted by Crippen LogP contribution is 2.29. The van der Waals surface area contributed by atoms with Crippen LogP contribution in [-0.2, 0) is 4.79 Å². The van der Waals surface area contributed by atoms with Crippen LogP contribution in [0.25, 0.3) is 0 Å². The van der Waals surface area contributed by atoms with E-state index in [2.05, 4.69) is 10.2 Å². The number of nitrogens with one attached hydrogen (secondary N) is 1. The summed E-state index contributed by atoms with van der Waals surface area (Å²) in [6.45, 7) is 2.68. The third kappa shape index (κ3) is 2.69. The normalized spacial score (nSPS) is 28.1. The van der Waals surface area contributed by atoms with E-state index in [0.717, 1.165) is 6.54 Å². The molecule has 3 unspecified atom stereocenters. The number of hydrogen-bond acceptors (Lipinski definition) is 3. The minimum Gasteiger partial charge on any atom is -0.358 e. The molecule has 1 amide bonds. The summed E-state index contributed by atoms with van der Waals surface area (Å²) in [5, 5.41) is 2.69. The molecule has 0 aromatic rings. The lowest BCUT2D eigenvalue weighted by Crippen LogP contribution is -2.49. The monoisotopic (exact) mass is 213 g/mol. The van der Waals surface area contributed by atoms with Crippen molar-refractivity contribution in [2.45, 2.75) is 38.3 Å². The Balaban J connectivity index is 2.58. The fraction of sp³-hybridized carbons (Fsp3) is 0.909. The average Bonchev–Trinajstić information content (AvgIpc) is 2.73. The van der Waals surface area contributed by atoms with Gasteiger partial charge in [-0.05, 0) is 39.3 Å². The molecular weight excluding hydrogens is 190 g/mol. The number of carbonyl (C=O) groups is 1. The zero-order chi connectivity index (χ0) is 11.4. The van der Waals surface area contributed by atoms with Gasteiger partial charge in [0.05, 0.1) is 6.04 Å². The van der Waals surface area contributed by atoms with E-state index in [1.165, 1.54) is 19.3 Å². The summed E-state index contributed by atoms with van der Waals surface area (Å²) in [5.74, 6) is 0.641. The van der Waals surface area contributed by atoms with Gasteiger partial charge in [0.1, 0.15) is 0 Å². The first-order valence-corrected chi connectivity index (χ1v) is 5.75. The van der Waals surface area contributed by atoms with Crippen LogP contribution in [0.2, 0.25) is 0 Å². The summed E-state index contributed by atoms with van der Waals surface area (Å²) in [7, 11) is 3.71. The third-order valence-corrected chi connectivity index (χ3v) is 3.68. The highest BCUT2D eigenvalue weighted by atomic mass is 16.2. The van der Waals surface area contributed by atoms with Crippen LogP contribution in [0.5, 0.6) is 0 Å². The molecule has 1 aliphatic carbocycles. The van der Waals surface area contributed by atoms with Crippen molar-refractivity contribution in [1.29, 1.82) is 0 Å². The zero-order valence-corrected chi connectivity index (χ0v) is 9.99. The minimum atomic E-state index is -0.0628. The van der Waals surface area contributed by atoms with Crippen LogP contribution in [0.3, 0.4) is 0 Å². The zero-order valence-electron chi connectivity index (χ0n) is 9.99. The molecule has 15 heavy (non-hydrogen) atoms. The molecule has 1 rings (SSSR count). The molecule has 1 saturated carbocycles. The fourth-order valence-electron chi connectivity index (χ4n) is 2.51. The summed E-state index contributed by atoms with van der Waals surface area (Å²) in [4.78, 5) is 13.7. The van der Waals surface area contributed by atoms with E-state index < -0.39 is 0 Å². The predicted octanol–water partition coefficient (Wildman–Crippen LogP) is 0.180. The van der Waals surface area contributed by atoms with Crippen molar-refractivity contribution >= 4 is 5.91 Å². The summed E-state index contributed by atoms with van der Waals surface area (Å²) in [5.41, 5.74) is 5.74. The largest absolute Gasteiger partial charge is 0.358 e. The highest BCUT2D eigenvalue weighted by Gasteiger charge is 2.33. The van der Waals surface area contributed by atoms with Gasteiger partial charge in [-0.15, -0.1) is 0 Å². The smallest absolute Gasteiger partial charge is 0.236 e. The molecule has 0 aromatic heterocycles. The topological polar surface area (TPSA) is 58.4 Å². The number of nitrogens with zero attached hydrogens (tertiary/aromatic N) is 1. The molecule has 1 fully saturated rings.